The topological polar surface area (TPSA) is 114 Å². The minimum atomic E-state index is -3.86. The zero-order valence-electron chi connectivity index (χ0n) is 10.9. The van der Waals surface area contributed by atoms with E-state index in [1.165, 1.54) is 0 Å². The molecule has 0 atom stereocenters. The van der Waals surface area contributed by atoms with Gasteiger partial charge in [-0.05, 0) is 15.9 Å². The van der Waals surface area contributed by atoms with Crippen molar-refractivity contribution in [2.45, 2.75) is 11.3 Å². The highest BCUT2D eigenvalue weighted by Gasteiger charge is 2.24. The molecule has 2 aromatic rings. The minimum Gasteiger partial charge on any atom is -0.475 e. The third-order valence-corrected chi connectivity index (χ3v) is 5.04. The van der Waals surface area contributed by atoms with E-state index in [2.05, 4.69) is 25.6 Å². The standard InChI is InChI=1S/C11H12BrN3O5S/c1-15-5-4-13-9(15)2-3-14-21(18,19)8-6-7(11(16)17)20-10(8)12/h4-6,14H,2-3H2,1H3,(H,16,17). The summed E-state index contributed by atoms with van der Waals surface area (Å²) >= 11 is 2.90. The minimum absolute atomic E-state index is 0.132. The second-order valence-electron chi connectivity index (χ2n) is 4.16. The molecule has 0 fully saturated rings. The van der Waals surface area contributed by atoms with Crippen molar-refractivity contribution in [1.29, 1.82) is 0 Å². The Morgan fingerprint density at radius 3 is 2.81 bits per heavy atom. The Kier molecular flexibility index (Phi) is 4.49. The SMILES string of the molecule is Cn1ccnc1CCNS(=O)(=O)c1cc(C(=O)O)oc1Br. The predicted octanol–water partition coefficient (Wildman–Crippen LogP) is 0.995. The van der Waals surface area contributed by atoms with Crippen LogP contribution < -0.4 is 4.72 Å². The van der Waals surface area contributed by atoms with Crippen molar-refractivity contribution < 1.29 is 22.7 Å². The third-order valence-electron chi connectivity index (χ3n) is 2.72. The Morgan fingerprint density at radius 2 is 2.29 bits per heavy atom. The Morgan fingerprint density at radius 1 is 1.57 bits per heavy atom. The number of aromatic nitrogens is 2. The molecular formula is C11H12BrN3O5S. The summed E-state index contributed by atoms with van der Waals surface area (Å²) in [7, 11) is -2.05. The number of imidazole rings is 1. The monoisotopic (exact) mass is 377 g/mol. The van der Waals surface area contributed by atoms with Crippen molar-refractivity contribution in [3.05, 3.63) is 34.7 Å². The molecule has 0 aliphatic rings. The Bertz CT molecular complexity index is 765. The molecule has 21 heavy (non-hydrogen) atoms. The Hall–Kier alpha value is -1.65. The molecule has 0 saturated heterocycles. The number of nitrogens with zero attached hydrogens (tertiary/aromatic N) is 2. The molecule has 0 saturated carbocycles. The first kappa shape index (κ1) is 15.7. The summed E-state index contributed by atoms with van der Waals surface area (Å²) in [5.41, 5.74) is 0. The van der Waals surface area contributed by atoms with Crippen molar-refractivity contribution in [2.75, 3.05) is 6.54 Å². The highest BCUT2D eigenvalue weighted by molar-refractivity contribution is 9.10. The van der Waals surface area contributed by atoms with Gasteiger partial charge in [0.1, 0.15) is 10.7 Å². The Balaban J connectivity index is 2.08. The number of carboxylic acids is 1. The number of hydrogen-bond acceptors (Lipinski definition) is 5. The van der Waals surface area contributed by atoms with Crippen LogP contribution in [0.3, 0.4) is 0 Å². The fourth-order valence-electron chi connectivity index (χ4n) is 1.65. The van der Waals surface area contributed by atoms with Crippen LogP contribution in [-0.2, 0) is 23.5 Å². The molecule has 10 heteroatoms. The third kappa shape index (κ3) is 3.52. The molecular weight excluding hydrogens is 366 g/mol. The number of rotatable bonds is 6. The molecule has 2 aromatic heterocycles. The highest BCUT2D eigenvalue weighted by atomic mass is 79.9. The number of furan rings is 1. The second kappa shape index (κ2) is 6.00. The zero-order valence-corrected chi connectivity index (χ0v) is 13.3. The van der Waals surface area contributed by atoms with Crippen molar-refractivity contribution >= 4 is 31.9 Å². The molecule has 0 aliphatic heterocycles. The lowest BCUT2D eigenvalue weighted by atomic mass is 10.4. The van der Waals surface area contributed by atoms with Gasteiger partial charge in [-0.15, -0.1) is 0 Å². The maximum absolute atomic E-state index is 12.1. The van der Waals surface area contributed by atoms with Gasteiger partial charge in [-0.1, -0.05) is 0 Å². The summed E-state index contributed by atoms with van der Waals surface area (Å²) in [6, 6.07) is 0.954. The summed E-state index contributed by atoms with van der Waals surface area (Å²) in [6.45, 7) is 0.132. The number of sulfonamides is 1. The molecule has 0 bridgehead atoms. The molecule has 2 N–H and O–H groups in total. The molecule has 0 aromatic carbocycles. The largest absolute Gasteiger partial charge is 0.475 e. The lowest BCUT2D eigenvalue weighted by Crippen LogP contribution is -2.26. The lowest BCUT2D eigenvalue weighted by molar-refractivity contribution is 0.0661. The van der Waals surface area contributed by atoms with Gasteiger partial charge in [0.25, 0.3) is 0 Å². The van der Waals surface area contributed by atoms with Crippen LogP contribution >= 0.6 is 15.9 Å². The number of hydrogen-bond donors (Lipinski definition) is 2. The van der Waals surface area contributed by atoms with Crippen molar-refractivity contribution in [3.8, 4) is 0 Å². The first-order chi connectivity index (χ1) is 9.81. The maximum Gasteiger partial charge on any atom is 0.371 e. The average Bonchev–Trinajstić information content (AvgIpc) is 2.96. The first-order valence-electron chi connectivity index (χ1n) is 5.80. The van der Waals surface area contributed by atoms with Crippen molar-refractivity contribution in [1.82, 2.24) is 14.3 Å². The molecule has 0 aliphatic carbocycles. The van der Waals surface area contributed by atoms with Crippen LogP contribution in [0.1, 0.15) is 16.4 Å². The summed E-state index contributed by atoms with van der Waals surface area (Å²) in [5, 5.41) is 8.78. The van der Waals surface area contributed by atoms with Gasteiger partial charge in [0.2, 0.25) is 15.8 Å². The quantitative estimate of drug-likeness (QED) is 0.775. The number of halogens is 1. The van der Waals surface area contributed by atoms with Crippen LogP contribution in [-0.4, -0.2) is 35.6 Å². The molecule has 0 amide bonds. The normalized spacial score (nSPS) is 11.7. The van der Waals surface area contributed by atoms with Crippen molar-refractivity contribution in [2.24, 2.45) is 7.05 Å². The van der Waals surface area contributed by atoms with Gasteiger partial charge >= 0.3 is 5.97 Å². The fraction of sp³-hybridized carbons (Fsp3) is 0.273. The van der Waals surface area contributed by atoms with Gasteiger partial charge in [0, 0.05) is 38.5 Å². The molecule has 2 heterocycles. The summed E-state index contributed by atoms with van der Waals surface area (Å²) < 4.78 is 33.0. The van der Waals surface area contributed by atoms with Gasteiger partial charge in [-0.25, -0.2) is 22.9 Å². The Labute approximate surface area is 129 Å². The number of carbonyl (C=O) groups is 1. The first-order valence-corrected chi connectivity index (χ1v) is 8.07. The van der Waals surface area contributed by atoms with Gasteiger partial charge < -0.3 is 14.1 Å². The van der Waals surface area contributed by atoms with Crippen LogP contribution in [0.15, 0.2) is 32.4 Å². The van der Waals surface area contributed by atoms with Crippen LogP contribution in [0.2, 0.25) is 0 Å². The van der Waals surface area contributed by atoms with Crippen LogP contribution in [0.4, 0.5) is 0 Å². The van der Waals surface area contributed by atoms with E-state index in [0.29, 0.717) is 6.42 Å². The number of carboxylic acid groups (broad SMARTS) is 1. The maximum atomic E-state index is 12.1. The van der Waals surface area contributed by atoms with E-state index in [1.807, 2.05) is 7.05 Å². The van der Waals surface area contributed by atoms with Gasteiger partial charge in [-0.3, -0.25) is 0 Å². The molecule has 114 valence electrons. The smallest absolute Gasteiger partial charge is 0.371 e. The van der Waals surface area contributed by atoms with Crippen LogP contribution in [0.5, 0.6) is 0 Å². The van der Waals surface area contributed by atoms with E-state index >= 15 is 0 Å². The van der Waals surface area contributed by atoms with E-state index in [0.717, 1.165) is 11.9 Å². The van der Waals surface area contributed by atoms with Gasteiger partial charge in [0.05, 0.1) is 0 Å². The molecule has 0 spiro atoms. The van der Waals surface area contributed by atoms with E-state index < -0.39 is 21.8 Å². The van der Waals surface area contributed by atoms with E-state index in [9.17, 15) is 13.2 Å². The summed E-state index contributed by atoms with van der Waals surface area (Å²) in [6.07, 6.45) is 3.79. The molecule has 2 rings (SSSR count). The summed E-state index contributed by atoms with van der Waals surface area (Å²) in [5.74, 6) is -1.06. The van der Waals surface area contributed by atoms with E-state index in [4.69, 9.17) is 9.52 Å². The van der Waals surface area contributed by atoms with Crippen LogP contribution in [0.25, 0.3) is 0 Å². The fourth-order valence-corrected chi connectivity index (χ4v) is 3.62. The number of aryl methyl sites for hydroxylation is 1. The lowest BCUT2D eigenvalue weighted by Gasteiger charge is -2.05. The number of nitrogens with one attached hydrogen (secondary N) is 1. The van der Waals surface area contributed by atoms with E-state index in [-0.39, 0.29) is 16.1 Å². The second-order valence-corrected chi connectivity index (χ2v) is 6.61. The van der Waals surface area contributed by atoms with Gasteiger partial charge in [-0.2, -0.15) is 0 Å². The molecule has 0 unspecified atom stereocenters. The van der Waals surface area contributed by atoms with Crippen LogP contribution in [0, 0.1) is 0 Å². The predicted molar refractivity (Wildman–Crippen MR) is 75.5 cm³/mol. The van der Waals surface area contributed by atoms with Crippen molar-refractivity contribution in [3.63, 3.8) is 0 Å². The molecule has 0 radical (unpaired) electrons. The van der Waals surface area contributed by atoms with E-state index in [1.54, 1.807) is 17.0 Å². The average molecular weight is 378 g/mol. The van der Waals surface area contributed by atoms with Gasteiger partial charge in [0.15, 0.2) is 4.67 Å². The molecule has 8 nitrogen and oxygen atoms in total. The highest BCUT2D eigenvalue weighted by Crippen LogP contribution is 2.25. The zero-order chi connectivity index (χ0) is 15.6. The summed E-state index contributed by atoms with van der Waals surface area (Å²) in [4.78, 5) is 14.6. The number of aromatic carboxylic acids is 1.